The summed E-state index contributed by atoms with van der Waals surface area (Å²) in [4.78, 5) is 11.7. The van der Waals surface area contributed by atoms with Crippen molar-refractivity contribution in [2.75, 3.05) is 0 Å². The molecule has 1 N–H and O–H groups in total. The standard InChI is InChI=1S/C30H44O3/c1-7-27(31)33-22-14-17-29(5)21(19-22)10-11-23-25-13-12-24(30(25,6)18-15-26(23)29)20(2)9-8-16-28(3,4)32/h7,10,20,22-26,32H,1,9,11-15,17-19H2,2-6H3/t20-,22+,23+,24-,25+,26+,29+,30-/m1/s1. The lowest BCUT2D eigenvalue weighted by Gasteiger charge is -2.58. The van der Waals surface area contributed by atoms with Gasteiger partial charge in [-0.05, 0) is 99.2 Å². The van der Waals surface area contributed by atoms with Crippen molar-refractivity contribution in [1.29, 1.82) is 0 Å². The highest BCUT2D eigenvalue weighted by molar-refractivity contribution is 5.81. The van der Waals surface area contributed by atoms with Crippen LogP contribution in [0.15, 0.2) is 24.3 Å². The van der Waals surface area contributed by atoms with Crippen molar-refractivity contribution in [1.82, 2.24) is 0 Å². The lowest BCUT2D eigenvalue weighted by molar-refractivity contribution is -0.145. The normalized spacial score (nSPS) is 40.8. The third kappa shape index (κ3) is 4.58. The summed E-state index contributed by atoms with van der Waals surface area (Å²) in [5.41, 5.74) is 1.33. The molecular formula is C30H44O3. The summed E-state index contributed by atoms with van der Waals surface area (Å²) >= 11 is 0. The number of allylic oxidation sites excluding steroid dienone is 1. The van der Waals surface area contributed by atoms with Crippen LogP contribution in [0.2, 0.25) is 0 Å². The SMILES string of the molecule is C=CC(=O)O[C@H]1CC[C@@]2(C)C(=CC[C@H]3[C@@H]4CC[C@H]([C@H](C)CC#CC(C)(C)O)[C@@]4(C)CC[C@@H]32)C1. The molecule has 0 radical (unpaired) electrons. The maximum atomic E-state index is 11.7. The number of rotatable bonds is 4. The Bertz CT molecular complexity index is 867. The van der Waals surface area contributed by atoms with E-state index in [2.05, 4.69) is 45.3 Å². The van der Waals surface area contributed by atoms with Crippen LogP contribution in [-0.4, -0.2) is 22.8 Å². The molecule has 0 saturated heterocycles. The fourth-order valence-electron chi connectivity index (χ4n) is 8.49. The molecule has 4 aliphatic rings. The van der Waals surface area contributed by atoms with Gasteiger partial charge in [-0.3, -0.25) is 0 Å². The first-order valence-corrected chi connectivity index (χ1v) is 13.2. The average molecular weight is 453 g/mol. The smallest absolute Gasteiger partial charge is 0.330 e. The molecule has 4 aliphatic carbocycles. The van der Waals surface area contributed by atoms with Crippen LogP contribution in [0.25, 0.3) is 0 Å². The average Bonchev–Trinajstić information content (AvgIpc) is 3.10. The summed E-state index contributed by atoms with van der Waals surface area (Å²) in [6.45, 7) is 14.6. The second kappa shape index (κ2) is 8.92. The molecule has 0 aromatic heterocycles. The quantitative estimate of drug-likeness (QED) is 0.230. The van der Waals surface area contributed by atoms with E-state index >= 15 is 0 Å². The molecule has 3 nitrogen and oxygen atoms in total. The van der Waals surface area contributed by atoms with Crippen LogP contribution in [0.1, 0.15) is 92.4 Å². The Morgan fingerprint density at radius 2 is 2.03 bits per heavy atom. The predicted octanol–water partition coefficient (Wildman–Crippen LogP) is 6.46. The molecule has 3 heteroatoms. The fraction of sp³-hybridized carbons (Fsp3) is 0.767. The first-order valence-electron chi connectivity index (χ1n) is 13.2. The summed E-state index contributed by atoms with van der Waals surface area (Å²) in [5.74, 6) is 9.67. The second-order valence-corrected chi connectivity index (χ2v) is 12.5. The number of fused-ring (bicyclic) bond motifs is 5. The summed E-state index contributed by atoms with van der Waals surface area (Å²) in [5, 5.41) is 9.95. The zero-order chi connectivity index (χ0) is 24.0. The first kappa shape index (κ1) is 24.6. The molecule has 3 fully saturated rings. The fourth-order valence-corrected chi connectivity index (χ4v) is 8.49. The van der Waals surface area contributed by atoms with Gasteiger partial charge in [0.1, 0.15) is 11.7 Å². The lowest BCUT2D eigenvalue weighted by Crippen LogP contribution is -2.51. The van der Waals surface area contributed by atoms with E-state index in [4.69, 9.17) is 4.74 Å². The first-order chi connectivity index (χ1) is 15.5. The van der Waals surface area contributed by atoms with E-state index in [1.165, 1.54) is 38.2 Å². The maximum absolute atomic E-state index is 11.7. The Hall–Kier alpha value is -1.53. The summed E-state index contributed by atoms with van der Waals surface area (Å²) < 4.78 is 5.62. The highest BCUT2D eigenvalue weighted by Crippen LogP contribution is 2.67. The minimum atomic E-state index is -0.898. The van der Waals surface area contributed by atoms with Gasteiger partial charge < -0.3 is 9.84 Å². The molecule has 0 spiro atoms. The third-order valence-corrected chi connectivity index (χ3v) is 10.1. The van der Waals surface area contributed by atoms with Crippen molar-refractivity contribution in [2.24, 2.45) is 40.4 Å². The summed E-state index contributed by atoms with van der Waals surface area (Å²) in [6, 6.07) is 0. The van der Waals surface area contributed by atoms with E-state index in [0.717, 1.165) is 49.4 Å². The maximum Gasteiger partial charge on any atom is 0.330 e. The van der Waals surface area contributed by atoms with Gasteiger partial charge in [0.05, 0.1) is 0 Å². The Morgan fingerprint density at radius 1 is 1.27 bits per heavy atom. The van der Waals surface area contributed by atoms with Crippen LogP contribution < -0.4 is 0 Å². The molecule has 3 saturated carbocycles. The van der Waals surface area contributed by atoms with E-state index in [1.807, 2.05) is 0 Å². The van der Waals surface area contributed by atoms with Crippen molar-refractivity contribution >= 4 is 5.97 Å². The number of ether oxygens (including phenoxy) is 1. The topological polar surface area (TPSA) is 46.5 Å². The van der Waals surface area contributed by atoms with Crippen LogP contribution in [0, 0.1) is 52.3 Å². The molecule has 0 aromatic carbocycles. The summed E-state index contributed by atoms with van der Waals surface area (Å²) in [7, 11) is 0. The van der Waals surface area contributed by atoms with E-state index in [1.54, 1.807) is 19.4 Å². The van der Waals surface area contributed by atoms with Crippen molar-refractivity contribution in [3.8, 4) is 11.8 Å². The molecule has 0 aromatic rings. The molecule has 0 heterocycles. The predicted molar refractivity (Wildman–Crippen MR) is 133 cm³/mol. The third-order valence-electron chi connectivity index (χ3n) is 10.1. The monoisotopic (exact) mass is 452 g/mol. The van der Waals surface area contributed by atoms with Crippen LogP contribution in [0.3, 0.4) is 0 Å². The Labute approximate surface area is 201 Å². The largest absolute Gasteiger partial charge is 0.459 e. The van der Waals surface area contributed by atoms with Crippen molar-refractivity contribution in [3.63, 3.8) is 0 Å². The van der Waals surface area contributed by atoms with E-state index in [9.17, 15) is 9.90 Å². The van der Waals surface area contributed by atoms with E-state index < -0.39 is 5.60 Å². The molecule has 182 valence electrons. The van der Waals surface area contributed by atoms with Crippen LogP contribution in [0.5, 0.6) is 0 Å². The van der Waals surface area contributed by atoms with Gasteiger partial charge in [-0.1, -0.05) is 44.9 Å². The number of carbonyl (C=O) groups is 1. The Kier molecular flexibility index (Phi) is 6.65. The van der Waals surface area contributed by atoms with Crippen molar-refractivity contribution in [3.05, 3.63) is 24.3 Å². The van der Waals surface area contributed by atoms with Crippen LogP contribution >= 0.6 is 0 Å². The highest BCUT2D eigenvalue weighted by Gasteiger charge is 2.59. The van der Waals surface area contributed by atoms with E-state index in [0.29, 0.717) is 11.3 Å². The number of carbonyl (C=O) groups excluding carboxylic acids is 1. The summed E-state index contributed by atoms with van der Waals surface area (Å²) in [6.07, 6.45) is 14.2. The Balaban J connectivity index is 1.48. The zero-order valence-corrected chi connectivity index (χ0v) is 21.5. The van der Waals surface area contributed by atoms with E-state index in [-0.39, 0.29) is 17.5 Å². The lowest BCUT2D eigenvalue weighted by atomic mass is 9.47. The number of esters is 1. The van der Waals surface area contributed by atoms with Gasteiger partial charge in [0.2, 0.25) is 0 Å². The van der Waals surface area contributed by atoms with Gasteiger partial charge in [-0.15, -0.1) is 5.92 Å². The van der Waals surface area contributed by atoms with Gasteiger partial charge >= 0.3 is 5.97 Å². The van der Waals surface area contributed by atoms with Gasteiger partial charge in [0.15, 0.2) is 0 Å². The molecule has 8 atom stereocenters. The molecule has 0 aliphatic heterocycles. The highest BCUT2D eigenvalue weighted by atomic mass is 16.5. The molecule has 4 rings (SSSR count). The number of hydrogen-bond acceptors (Lipinski definition) is 3. The van der Waals surface area contributed by atoms with Crippen molar-refractivity contribution in [2.45, 2.75) is 104 Å². The molecule has 0 bridgehead atoms. The van der Waals surface area contributed by atoms with Gasteiger partial charge in [-0.2, -0.15) is 0 Å². The molecule has 0 unspecified atom stereocenters. The van der Waals surface area contributed by atoms with Crippen LogP contribution in [-0.2, 0) is 9.53 Å². The number of hydrogen-bond donors (Lipinski definition) is 1. The Morgan fingerprint density at radius 3 is 2.73 bits per heavy atom. The molecule has 33 heavy (non-hydrogen) atoms. The van der Waals surface area contributed by atoms with Gasteiger partial charge in [-0.25, -0.2) is 4.79 Å². The minimum absolute atomic E-state index is 0.0157. The number of aliphatic hydroxyl groups is 1. The van der Waals surface area contributed by atoms with Crippen molar-refractivity contribution < 1.29 is 14.6 Å². The van der Waals surface area contributed by atoms with Crippen LogP contribution in [0.4, 0.5) is 0 Å². The zero-order valence-electron chi connectivity index (χ0n) is 21.5. The van der Waals surface area contributed by atoms with Gasteiger partial charge in [0.25, 0.3) is 0 Å². The molecular weight excluding hydrogens is 408 g/mol. The second-order valence-electron chi connectivity index (χ2n) is 12.5. The van der Waals surface area contributed by atoms with Gasteiger partial charge in [0, 0.05) is 18.9 Å². The molecule has 0 amide bonds. The minimum Gasteiger partial charge on any atom is -0.459 e.